The molecule has 0 spiro atoms. The molecule has 0 saturated carbocycles. The molecule has 0 bridgehead atoms. The Balaban J connectivity index is 0.000000125. The molecule has 0 amide bonds. The molecular weight excluding hydrogens is 1790 g/mol. The molecule has 0 atom stereocenters. The van der Waals surface area contributed by atoms with Gasteiger partial charge in [-0.2, -0.15) is 0 Å². The van der Waals surface area contributed by atoms with E-state index in [4.69, 9.17) is 51.4 Å². The van der Waals surface area contributed by atoms with Crippen molar-refractivity contribution in [3.05, 3.63) is 467 Å². The molecule has 14 aromatic carbocycles. The van der Waals surface area contributed by atoms with E-state index in [1.54, 1.807) is 18.7 Å². The molecule has 688 valence electrons. The Hall–Kier alpha value is -14.9. The smallest absolute Gasteiger partial charge is 0.163 e. The minimum Gasteiger partial charge on any atom is -0.299 e. The van der Waals surface area contributed by atoms with E-state index >= 15 is 0 Å². The van der Waals surface area contributed by atoms with E-state index in [9.17, 15) is 24.0 Å². The van der Waals surface area contributed by atoms with Crippen LogP contribution in [0.3, 0.4) is 0 Å². The van der Waals surface area contributed by atoms with E-state index in [0.29, 0.717) is 106 Å². The summed E-state index contributed by atoms with van der Waals surface area (Å²) in [5.74, 6) is 1.45. The molecule has 6 aromatic heterocycles. The number of para-hydroxylation sites is 1. The van der Waals surface area contributed by atoms with Gasteiger partial charge in [-0.1, -0.05) is 180 Å². The Morgan fingerprint density at radius 3 is 0.978 bits per heavy atom. The van der Waals surface area contributed by atoms with Gasteiger partial charge in [-0.3, -0.25) is 51.8 Å². The van der Waals surface area contributed by atoms with Gasteiger partial charge in [0.15, 0.2) is 28.9 Å². The minimum atomic E-state index is 0.0990. The summed E-state index contributed by atoms with van der Waals surface area (Å²) in [6, 6.07) is 98.9. The molecule has 16 nitrogen and oxygen atoms in total. The second kappa shape index (κ2) is 44.3. The van der Waals surface area contributed by atoms with Crippen LogP contribution in [0.2, 0.25) is 20.1 Å². The summed E-state index contributed by atoms with van der Waals surface area (Å²) >= 11 is 24.8. The summed E-state index contributed by atoms with van der Waals surface area (Å²) in [7, 11) is 0. The number of carbonyl (C=O) groups is 5. The summed E-state index contributed by atoms with van der Waals surface area (Å²) in [5.41, 5.74) is 32.8. The fraction of sp³-hybridized carbons (Fsp3) is 0.161. The van der Waals surface area contributed by atoms with E-state index in [1.165, 1.54) is 44.5 Å². The predicted molar refractivity (Wildman–Crippen MR) is 561 cm³/mol. The number of pyridine rings is 1. The van der Waals surface area contributed by atoms with Crippen LogP contribution in [0.15, 0.2) is 341 Å². The molecule has 0 saturated heterocycles. The Morgan fingerprint density at radius 2 is 0.594 bits per heavy atom. The van der Waals surface area contributed by atoms with Gasteiger partial charge in [-0.05, 0) is 337 Å². The molecule has 0 radical (unpaired) electrons. The number of halogens is 4. The van der Waals surface area contributed by atoms with Crippen molar-refractivity contribution in [2.45, 2.75) is 127 Å². The number of hydrogen-bond acceptors (Lipinski definition) is 11. The Labute approximate surface area is 823 Å². The van der Waals surface area contributed by atoms with Crippen LogP contribution in [0.4, 0.5) is 0 Å². The topological polar surface area (TPSA) is 187 Å². The standard InChI is InChI=1S/C25H23ClN2O.2C24H21ClN2O.C23H19ClN2O.C22H19N3O/c1-16-8-9-17(2)24(14-16)28-18(3)27-22-15-20(10-12-23(22)28)25(29)13-11-19-6-4-5-7-21(19)26;1-16-6-5-7-17(2)24(16)27-15-26-21-14-19(10-12-22(21)27)23(28)13-11-18-8-3-4-9-20(18)25;1-16-11-17(2)13-20(12-16)27-15-26-22-14-19(7-9-23(22)27)24(28)10-8-18-5-3-4-6-21(18)25;1-16-5-4-7-19(13-16)26-15-25-21-14-18(9-11-22(21)26)23(27)12-10-17-6-2-3-8-20(17)24;1-16-3-2-4-19(13-16)25-15-24-20-14-18(6-7-21(20)25)22(26)8-5-17-9-11-23-12-10-17/h4-10,12,14-15H,11,13H2,1-3H3;3-10,12,14-15H,11,13H2,1-2H3;3-7,9,11-15H,8,10H2,1-2H3;2-9,11,13-15H,10,12H2,1H3;2-4,6-7,9-15H,5,8H2,1H3. The van der Waals surface area contributed by atoms with Crippen LogP contribution >= 0.6 is 46.4 Å². The Morgan fingerprint density at radius 1 is 0.268 bits per heavy atom. The van der Waals surface area contributed by atoms with Gasteiger partial charge < -0.3 is 0 Å². The molecule has 138 heavy (non-hydrogen) atoms. The van der Waals surface area contributed by atoms with Crippen molar-refractivity contribution in [1.29, 1.82) is 0 Å². The van der Waals surface area contributed by atoms with Gasteiger partial charge in [0.25, 0.3) is 0 Å². The normalized spacial score (nSPS) is 11.1. The lowest BCUT2D eigenvalue weighted by molar-refractivity contribution is 0.0975. The van der Waals surface area contributed by atoms with E-state index in [-0.39, 0.29) is 28.9 Å². The van der Waals surface area contributed by atoms with E-state index in [0.717, 1.165) is 124 Å². The second-order valence-electron chi connectivity index (χ2n) is 34.9. The monoisotopic (exact) mass is 1890 g/mol. The fourth-order valence-electron chi connectivity index (χ4n) is 17.3. The van der Waals surface area contributed by atoms with Crippen molar-refractivity contribution in [2.24, 2.45) is 0 Å². The first-order valence-corrected chi connectivity index (χ1v) is 47.6. The summed E-state index contributed by atoms with van der Waals surface area (Å²) < 4.78 is 10.4. The summed E-state index contributed by atoms with van der Waals surface area (Å²) in [5, 5.41) is 2.83. The molecule has 0 unspecified atom stereocenters. The zero-order valence-electron chi connectivity index (χ0n) is 78.4. The molecule has 20 heteroatoms. The third kappa shape index (κ3) is 23.2. The summed E-state index contributed by atoms with van der Waals surface area (Å²) in [6.07, 6.45) is 16.2. The number of aromatic nitrogens is 11. The maximum atomic E-state index is 12.8. The lowest BCUT2D eigenvalue weighted by Crippen LogP contribution is -2.02. The van der Waals surface area contributed by atoms with Crippen molar-refractivity contribution in [3.63, 3.8) is 0 Å². The van der Waals surface area contributed by atoms with E-state index in [2.05, 4.69) is 185 Å². The minimum absolute atomic E-state index is 0.0990. The first kappa shape index (κ1) is 96.2. The van der Waals surface area contributed by atoms with Crippen molar-refractivity contribution < 1.29 is 24.0 Å². The third-order valence-corrected chi connectivity index (χ3v) is 26.1. The number of aryl methyl sites for hydroxylation is 14. The van der Waals surface area contributed by atoms with E-state index in [1.807, 2.05) is 247 Å². The van der Waals surface area contributed by atoms with Gasteiger partial charge in [-0.15, -0.1) is 0 Å². The second-order valence-corrected chi connectivity index (χ2v) is 36.5. The highest BCUT2D eigenvalue weighted by atomic mass is 35.5. The zero-order valence-corrected chi connectivity index (χ0v) is 81.4. The summed E-state index contributed by atoms with van der Waals surface area (Å²) in [4.78, 5) is 90.0. The average Bonchev–Trinajstić information content (AvgIpc) is 1.62. The first-order valence-electron chi connectivity index (χ1n) is 46.0. The molecule has 0 aliphatic rings. The zero-order chi connectivity index (χ0) is 96.6. The number of Topliss-reactive ketones (excluding diaryl/α,β-unsaturated/α-hetero) is 5. The lowest BCUT2D eigenvalue weighted by atomic mass is 10.0. The molecule has 0 N–H and O–H groups in total. The van der Waals surface area contributed by atoms with Gasteiger partial charge >= 0.3 is 0 Å². The van der Waals surface area contributed by atoms with Gasteiger partial charge in [0.05, 0.1) is 66.5 Å². The molecule has 0 aliphatic carbocycles. The number of ketones is 5. The van der Waals surface area contributed by atoms with Crippen LogP contribution in [0, 0.1) is 62.3 Å². The molecule has 20 rings (SSSR count). The van der Waals surface area contributed by atoms with Gasteiger partial charge in [0.1, 0.15) is 31.1 Å². The largest absolute Gasteiger partial charge is 0.299 e. The highest BCUT2D eigenvalue weighted by Crippen LogP contribution is 2.33. The third-order valence-electron chi connectivity index (χ3n) is 24.7. The van der Waals surface area contributed by atoms with E-state index < -0.39 is 0 Å². The molecule has 20 aromatic rings. The molecule has 6 heterocycles. The Kier molecular flexibility index (Phi) is 30.9. The SMILES string of the molecule is Cc1cc(C)cc(-n2cnc3cc(C(=O)CCc4ccccc4Cl)ccc32)c1.Cc1ccc(C)c(-n2c(C)nc3cc(C(=O)CCc4ccccc4Cl)ccc32)c1.Cc1cccc(-n2cnc3cc(C(=O)CCc4ccccc4Cl)ccc32)c1.Cc1cccc(-n2cnc3cc(C(=O)CCc4ccncc4)ccc32)c1.Cc1cccc(C)c1-n1cnc2cc(C(=O)CCc3ccccc3Cl)ccc21. The van der Waals surface area contributed by atoms with Crippen LogP contribution in [0.1, 0.15) is 162 Å². The highest BCUT2D eigenvalue weighted by Gasteiger charge is 2.21. The summed E-state index contributed by atoms with van der Waals surface area (Å²) in [6.45, 7) is 18.7. The van der Waals surface area contributed by atoms with Crippen LogP contribution in [0.5, 0.6) is 0 Å². The first-order chi connectivity index (χ1) is 66.8. The van der Waals surface area contributed by atoms with Crippen LogP contribution in [-0.4, -0.2) is 81.7 Å². The number of fused-ring (bicyclic) bond motifs is 5. The van der Waals surface area contributed by atoms with Gasteiger partial charge in [0, 0.05) is 109 Å². The van der Waals surface area contributed by atoms with Crippen molar-refractivity contribution >= 4 is 130 Å². The molecule has 0 aliphatic heterocycles. The quantitative estimate of drug-likeness (QED) is 0.0495. The van der Waals surface area contributed by atoms with Crippen molar-refractivity contribution in [1.82, 2.24) is 52.7 Å². The number of carbonyl (C=O) groups excluding carboxylic acids is 5. The maximum Gasteiger partial charge on any atom is 0.163 e. The number of nitrogens with zero attached hydrogens (tertiary/aromatic N) is 11. The number of imidazole rings is 5. The van der Waals surface area contributed by atoms with Crippen molar-refractivity contribution in [2.75, 3.05) is 0 Å². The highest BCUT2D eigenvalue weighted by molar-refractivity contribution is 6.32. The predicted octanol–water partition coefficient (Wildman–Crippen LogP) is 29.0. The number of benzene rings is 14. The number of hydrogen-bond donors (Lipinski definition) is 0. The Bertz CT molecular complexity index is 7880. The number of rotatable bonds is 25. The average molecular weight is 1900 g/mol. The van der Waals surface area contributed by atoms with Crippen LogP contribution in [0.25, 0.3) is 83.6 Å². The fourth-order valence-corrected chi connectivity index (χ4v) is 18.3. The molecule has 0 fully saturated rings. The van der Waals surface area contributed by atoms with Crippen LogP contribution in [-0.2, 0) is 32.1 Å². The maximum absolute atomic E-state index is 12.8. The van der Waals surface area contributed by atoms with Gasteiger partial charge in [0.2, 0.25) is 0 Å². The van der Waals surface area contributed by atoms with Crippen LogP contribution < -0.4 is 0 Å². The molecular formula is C118H103Cl4N11O5. The lowest BCUT2D eigenvalue weighted by Gasteiger charge is -2.11. The van der Waals surface area contributed by atoms with Crippen molar-refractivity contribution in [3.8, 4) is 28.4 Å². The van der Waals surface area contributed by atoms with Gasteiger partial charge in [-0.25, -0.2) is 24.9 Å².